The van der Waals surface area contributed by atoms with Gasteiger partial charge in [0.25, 0.3) is 5.88 Å². The van der Waals surface area contributed by atoms with Crippen molar-refractivity contribution in [1.82, 2.24) is 9.97 Å². The fraction of sp³-hybridized carbons (Fsp3) is 0.0667. The number of anilines is 1. The minimum atomic E-state index is -0.722. The van der Waals surface area contributed by atoms with Crippen LogP contribution in [0.3, 0.4) is 0 Å². The predicted molar refractivity (Wildman–Crippen MR) is 78.5 cm³/mol. The van der Waals surface area contributed by atoms with Crippen molar-refractivity contribution < 1.29 is 14.3 Å². The summed E-state index contributed by atoms with van der Waals surface area (Å²) < 4.78 is 10.3. The second kappa shape index (κ2) is 7.40. The summed E-state index contributed by atoms with van der Waals surface area (Å²) in [6.07, 6.45) is 2.03. The average molecular weight is 296 g/mol. The van der Waals surface area contributed by atoms with Crippen molar-refractivity contribution in [3.63, 3.8) is 0 Å². The first-order valence-corrected chi connectivity index (χ1v) is 6.27. The number of nitrogens with zero attached hydrogens (tertiary/aromatic N) is 3. The molecule has 110 valence electrons. The van der Waals surface area contributed by atoms with Gasteiger partial charge in [0.05, 0.1) is 6.20 Å². The van der Waals surface area contributed by atoms with Gasteiger partial charge in [0.15, 0.2) is 5.82 Å². The standard InChI is InChI=1S/C15H12N4O3/c1-2-8-21-14-12(9-16)17-10-13(18-14)19-15(20)22-11-6-4-3-5-7-11/h2-7,10H,1,8H2,(H,18,19,20). The van der Waals surface area contributed by atoms with Crippen LogP contribution in [0, 0.1) is 11.3 Å². The Kier molecular flexibility index (Phi) is 5.04. The van der Waals surface area contributed by atoms with Gasteiger partial charge in [-0.3, -0.25) is 5.32 Å². The molecule has 0 atom stereocenters. The van der Waals surface area contributed by atoms with Crippen LogP contribution in [0.5, 0.6) is 11.6 Å². The highest BCUT2D eigenvalue weighted by atomic mass is 16.6. The van der Waals surface area contributed by atoms with Crippen LogP contribution in [0.15, 0.2) is 49.2 Å². The molecule has 2 rings (SSSR count). The number of amides is 1. The highest BCUT2D eigenvalue weighted by Gasteiger charge is 2.11. The molecule has 0 unspecified atom stereocenters. The molecule has 7 heteroatoms. The van der Waals surface area contributed by atoms with E-state index in [0.29, 0.717) is 5.75 Å². The Labute approximate surface area is 126 Å². The summed E-state index contributed by atoms with van der Waals surface area (Å²) in [7, 11) is 0. The van der Waals surface area contributed by atoms with Gasteiger partial charge in [-0.25, -0.2) is 9.78 Å². The van der Waals surface area contributed by atoms with Crippen LogP contribution in [0.1, 0.15) is 5.69 Å². The molecule has 0 saturated carbocycles. The topological polar surface area (TPSA) is 97.1 Å². The maximum atomic E-state index is 11.7. The summed E-state index contributed by atoms with van der Waals surface area (Å²) >= 11 is 0. The second-order valence-electron chi connectivity index (χ2n) is 3.95. The third-order valence-electron chi connectivity index (χ3n) is 2.37. The van der Waals surface area contributed by atoms with Crippen molar-refractivity contribution in [3.05, 3.63) is 54.9 Å². The Morgan fingerprint density at radius 1 is 1.41 bits per heavy atom. The van der Waals surface area contributed by atoms with E-state index in [1.54, 1.807) is 30.3 Å². The Hall–Kier alpha value is -3.40. The molecule has 0 radical (unpaired) electrons. The SMILES string of the molecule is C=CCOc1nc(NC(=O)Oc2ccccc2)cnc1C#N. The molecule has 1 heterocycles. The van der Waals surface area contributed by atoms with E-state index in [1.165, 1.54) is 12.3 Å². The minimum Gasteiger partial charge on any atom is -0.471 e. The van der Waals surface area contributed by atoms with Crippen LogP contribution in [0.4, 0.5) is 10.6 Å². The molecule has 0 aliphatic carbocycles. The quantitative estimate of drug-likeness (QED) is 0.851. The zero-order valence-electron chi connectivity index (χ0n) is 11.5. The molecule has 1 aromatic heterocycles. The number of rotatable bonds is 5. The highest BCUT2D eigenvalue weighted by molar-refractivity contribution is 5.85. The van der Waals surface area contributed by atoms with Crippen LogP contribution in [-0.2, 0) is 0 Å². The summed E-state index contributed by atoms with van der Waals surface area (Å²) in [5.74, 6) is 0.517. The van der Waals surface area contributed by atoms with Gasteiger partial charge >= 0.3 is 6.09 Å². The first-order chi connectivity index (χ1) is 10.7. The number of hydrogen-bond donors (Lipinski definition) is 1. The van der Waals surface area contributed by atoms with E-state index in [2.05, 4.69) is 21.9 Å². The van der Waals surface area contributed by atoms with Gasteiger partial charge < -0.3 is 9.47 Å². The lowest BCUT2D eigenvalue weighted by molar-refractivity contribution is 0.215. The molecule has 0 spiro atoms. The summed E-state index contributed by atoms with van der Waals surface area (Å²) in [6, 6.07) is 10.4. The number of benzene rings is 1. The third kappa shape index (κ3) is 4.05. The lowest BCUT2D eigenvalue weighted by Crippen LogP contribution is -2.18. The minimum absolute atomic E-state index is 0.0138. The fourth-order valence-corrected chi connectivity index (χ4v) is 1.47. The van der Waals surface area contributed by atoms with E-state index in [0.717, 1.165) is 0 Å². The number of nitrogens with one attached hydrogen (secondary N) is 1. The van der Waals surface area contributed by atoms with Crippen molar-refractivity contribution >= 4 is 11.9 Å². The molecular weight excluding hydrogens is 284 g/mol. The van der Waals surface area contributed by atoms with E-state index in [9.17, 15) is 4.79 Å². The van der Waals surface area contributed by atoms with Crippen molar-refractivity contribution in [2.24, 2.45) is 0 Å². The molecule has 0 aliphatic rings. The van der Waals surface area contributed by atoms with E-state index >= 15 is 0 Å². The molecule has 22 heavy (non-hydrogen) atoms. The Morgan fingerprint density at radius 2 is 2.18 bits per heavy atom. The van der Waals surface area contributed by atoms with Crippen molar-refractivity contribution in [2.45, 2.75) is 0 Å². The zero-order valence-corrected chi connectivity index (χ0v) is 11.5. The maximum absolute atomic E-state index is 11.7. The number of hydrogen-bond acceptors (Lipinski definition) is 6. The summed E-state index contributed by atoms with van der Waals surface area (Å²) in [5.41, 5.74) is 0.0174. The Bertz CT molecular complexity index is 710. The smallest absolute Gasteiger partial charge is 0.418 e. The van der Waals surface area contributed by atoms with Crippen LogP contribution in [0.25, 0.3) is 0 Å². The monoisotopic (exact) mass is 296 g/mol. The largest absolute Gasteiger partial charge is 0.471 e. The van der Waals surface area contributed by atoms with Gasteiger partial charge in [0.1, 0.15) is 18.4 Å². The van der Waals surface area contributed by atoms with Crippen LogP contribution >= 0.6 is 0 Å². The van der Waals surface area contributed by atoms with Crippen molar-refractivity contribution in [3.8, 4) is 17.7 Å². The van der Waals surface area contributed by atoms with Crippen LogP contribution in [-0.4, -0.2) is 22.7 Å². The number of ether oxygens (including phenoxy) is 2. The third-order valence-corrected chi connectivity index (χ3v) is 2.37. The lowest BCUT2D eigenvalue weighted by atomic mass is 10.3. The van der Waals surface area contributed by atoms with Gasteiger partial charge in [-0.15, -0.1) is 0 Å². The lowest BCUT2D eigenvalue weighted by Gasteiger charge is -2.08. The zero-order chi connectivity index (χ0) is 15.8. The first kappa shape index (κ1) is 15.0. The molecule has 0 fully saturated rings. The summed E-state index contributed by atoms with van der Waals surface area (Å²) in [5, 5.41) is 11.3. The molecule has 1 N–H and O–H groups in total. The van der Waals surface area contributed by atoms with Gasteiger partial charge in [-0.05, 0) is 12.1 Å². The molecule has 0 bridgehead atoms. The molecular formula is C15H12N4O3. The molecule has 1 aromatic carbocycles. The molecule has 7 nitrogen and oxygen atoms in total. The molecule has 0 saturated heterocycles. The van der Waals surface area contributed by atoms with E-state index in [4.69, 9.17) is 14.7 Å². The first-order valence-electron chi connectivity index (χ1n) is 6.27. The van der Waals surface area contributed by atoms with Gasteiger partial charge in [0, 0.05) is 0 Å². The normalized spacial score (nSPS) is 9.41. The number of carbonyl (C=O) groups excluding carboxylic acids is 1. The Morgan fingerprint density at radius 3 is 2.86 bits per heavy atom. The van der Waals surface area contributed by atoms with Crippen LogP contribution < -0.4 is 14.8 Å². The molecule has 1 amide bonds. The fourth-order valence-electron chi connectivity index (χ4n) is 1.47. The number of para-hydroxylation sites is 1. The van der Waals surface area contributed by atoms with Crippen molar-refractivity contribution in [2.75, 3.05) is 11.9 Å². The average Bonchev–Trinajstić information content (AvgIpc) is 2.54. The van der Waals surface area contributed by atoms with E-state index < -0.39 is 6.09 Å². The molecule has 2 aromatic rings. The highest BCUT2D eigenvalue weighted by Crippen LogP contribution is 2.16. The van der Waals surface area contributed by atoms with Gasteiger partial charge in [-0.2, -0.15) is 10.2 Å². The van der Waals surface area contributed by atoms with E-state index in [-0.39, 0.29) is 24.0 Å². The number of nitriles is 1. The van der Waals surface area contributed by atoms with E-state index in [1.807, 2.05) is 6.07 Å². The van der Waals surface area contributed by atoms with Gasteiger partial charge in [-0.1, -0.05) is 30.9 Å². The predicted octanol–water partition coefficient (Wildman–Crippen LogP) is 2.52. The second-order valence-corrected chi connectivity index (χ2v) is 3.95. The molecule has 0 aliphatic heterocycles. The van der Waals surface area contributed by atoms with Crippen LogP contribution in [0.2, 0.25) is 0 Å². The summed E-state index contributed by atoms with van der Waals surface area (Å²) in [6.45, 7) is 3.67. The van der Waals surface area contributed by atoms with Crippen molar-refractivity contribution in [1.29, 1.82) is 5.26 Å². The Balaban J connectivity index is 2.07. The maximum Gasteiger partial charge on any atom is 0.418 e. The number of aromatic nitrogens is 2. The van der Waals surface area contributed by atoms with Gasteiger partial charge in [0.2, 0.25) is 5.69 Å². The number of carbonyl (C=O) groups is 1. The summed E-state index contributed by atoms with van der Waals surface area (Å²) in [4.78, 5) is 19.6.